The first-order chi connectivity index (χ1) is 30.7. The topological polar surface area (TPSA) is 56.7 Å². The molecule has 0 bridgehead atoms. The largest absolute Gasteiger partial charge is 0.456 e. The summed E-state index contributed by atoms with van der Waals surface area (Å²) in [5, 5.41) is 11.7. The SMILES string of the molecule is c1ccc(-c2ccc(-c3nc(-c4ccc5ccccc5c4)nc(-c4cccc5oc6cc(-n7c8ccc9ccccc9c8c8c9ccccc9ccc87)ccc6c45)n3)cc2)cc1. The minimum Gasteiger partial charge on any atom is -0.456 e. The van der Waals surface area contributed by atoms with Crippen LogP contribution in [0, 0.1) is 0 Å². The van der Waals surface area contributed by atoms with Gasteiger partial charge in [0.15, 0.2) is 17.5 Å². The van der Waals surface area contributed by atoms with Crippen LogP contribution in [0.1, 0.15) is 0 Å². The fourth-order valence-corrected chi connectivity index (χ4v) is 9.49. The van der Waals surface area contributed by atoms with Crippen LogP contribution in [0.2, 0.25) is 0 Å². The highest BCUT2D eigenvalue weighted by Gasteiger charge is 2.21. The van der Waals surface area contributed by atoms with E-state index in [-0.39, 0.29) is 0 Å². The van der Waals surface area contributed by atoms with E-state index in [2.05, 4.69) is 193 Å². The molecule has 0 aliphatic rings. The molecule has 62 heavy (non-hydrogen) atoms. The van der Waals surface area contributed by atoms with Crippen molar-refractivity contribution >= 4 is 76.1 Å². The van der Waals surface area contributed by atoms with Gasteiger partial charge in [0, 0.05) is 50.0 Å². The number of rotatable bonds is 5. The van der Waals surface area contributed by atoms with E-state index in [0.29, 0.717) is 17.5 Å². The maximum absolute atomic E-state index is 6.77. The summed E-state index contributed by atoms with van der Waals surface area (Å²) in [5.74, 6) is 1.81. The first-order valence-electron chi connectivity index (χ1n) is 20.9. The van der Waals surface area contributed by atoms with Crippen LogP contribution in [0.3, 0.4) is 0 Å². The molecule has 13 rings (SSSR count). The van der Waals surface area contributed by atoms with E-state index >= 15 is 0 Å². The first kappa shape index (κ1) is 34.5. The Labute approximate surface area is 355 Å². The molecule has 288 valence electrons. The molecular formula is C57H34N4O. The van der Waals surface area contributed by atoms with E-state index in [9.17, 15) is 0 Å². The average molecular weight is 791 g/mol. The monoisotopic (exact) mass is 790 g/mol. The number of aromatic nitrogens is 4. The van der Waals surface area contributed by atoms with Gasteiger partial charge in [-0.05, 0) is 79.8 Å². The zero-order valence-electron chi connectivity index (χ0n) is 33.3. The Morgan fingerprint density at radius 2 is 0.887 bits per heavy atom. The van der Waals surface area contributed by atoms with Gasteiger partial charge in [0.05, 0.1) is 11.0 Å². The van der Waals surface area contributed by atoms with Gasteiger partial charge in [-0.3, -0.25) is 0 Å². The van der Waals surface area contributed by atoms with Crippen molar-refractivity contribution in [3.8, 4) is 51.0 Å². The quantitative estimate of drug-likeness (QED) is 0.174. The van der Waals surface area contributed by atoms with Crippen molar-refractivity contribution in [3.05, 3.63) is 206 Å². The third-order valence-electron chi connectivity index (χ3n) is 12.4. The van der Waals surface area contributed by atoms with Gasteiger partial charge >= 0.3 is 0 Å². The van der Waals surface area contributed by atoms with E-state index in [1.165, 1.54) is 37.7 Å². The molecule has 0 aliphatic carbocycles. The molecule has 5 heteroatoms. The lowest BCUT2D eigenvalue weighted by Crippen LogP contribution is -2.00. The molecule has 0 unspecified atom stereocenters. The van der Waals surface area contributed by atoms with Gasteiger partial charge in [-0.15, -0.1) is 0 Å². The number of fused-ring (bicyclic) bond motifs is 11. The van der Waals surface area contributed by atoms with Gasteiger partial charge < -0.3 is 8.98 Å². The van der Waals surface area contributed by atoms with Gasteiger partial charge in [-0.1, -0.05) is 164 Å². The molecular weight excluding hydrogens is 757 g/mol. The number of hydrogen-bond donors (Lipinski definition) is 0. The van der Waals surface area contributed by atoms with Crippen LogP contribution >= 0.6 is 0 Å². The highest BCUT2D eigenvalue weighted by atomic mass is 16.3. The maximum Gasteiger partial charge on any atom is 0.164 e. The van der Waals surface area contributed by atoms with Crippen molar-refractivity contribution in [2.75, 3.05) is 0 Å². The summed E-state index contributed by atoms with van der Waals surface area (Å²) in [7, 11) is 0. The molecule has 0 saturated carbocycles. The smallest absolute Gasteiger partial charge is 0.164 e. The molecule has 0 atom stereocenters. The van der Waals surface area contributed by atoms with Crippen LogP contribution in [-0.4, -0.2) is 19.5 Å². The minimum atomic E-state index is 0.587. The van der Waals surface area contributed by atoms with Crippen LogP contribution in [0.5, 0.6) is 0 Å². The normalized spacial score (nSPS) is 11.9. The predicted molar refractivity (Wildman–Crippen MR) is 256 cm³/mol. The molecule has 0 amide bonds. The molecule has 0 N–H and O–H groups in total. The molecule has 0 saturated heterocycles. The van der Waals surface area contributed by atoms with Crippen LogP contribution in [-0.2, 0) is 0 Å². The summed E-state index contributed by atoms with van der Waals surface area (Å²) in [6, 6.07) is 72.7. The third-order valence-corrected chi connectivity index (χ3v) is 12.4. The van der Waals surface area contributed by atoms with Crippen molar-refractivity contribution in [2.45, 2.75) is 0 Å². The second-order valence-electron chi connectivity index (χ2n) is 16.0. The zero-order chi connectivity index (χ0) is 40.7. The van der Waals surface area contributed by atoms with E-state index in [4.69, 9.17) is 19.4 Å². The van der Waals surface area contributed by atoms with Crippen LogP contribution < -0.4 is 0 Å². The second-order valence-corrected chi connectivity index (χ2v) is 16.0. The summed E-state index contributed by atoms with van der Waals surface area (Å²) in [4.78, 5) is 15.5. The molecule has 3 aromatic heterocycles. The van der Waals surface area contributed by atoms with Gasteiger partial charge in [0.1, 0.15) is 11.2 Å². The van der Waals surface area contributed by atoms with Crippen molar-refractivity contribution in [1.82, 2.24) is 19.5 Å². The van der Waals surface area contributed by atoms with Crippen LogP contribution in [0.15, 0.2) is 211 Å². The Hall–Kier alpha value is -8.41. The van der Waals surface area contributed by atoms with Crippen molar-refractivity contribution in [2.24, 2.45) is 0 Å². The molecule has 10 aromatic carbocycles. The van der Waals surface area contributed by atoms with E-state index < -0.39 is 0 Å². The Kier molecular flexibility index (Phi) is 7.54. The van der Waals surface area contributed by atoms with Crippen molar-refractivity contribution in [3.63, 3.8) is 0 Å². The first-order valence-corrected chi connectivity index (χ1v) is 20.9. The third kappa shape index (κ3) is 5.38. The lowest BCUT2D eigenvalue weighted by Gasteiger charge is -2.11. The van der Waals surface area contributed by atoms with Gasteiger partial charge in [-0.2, -0.15) is 0 Å². The molecule has 5 nitrogen and oxygen atoms in total. The molecule has 0 spiro atoms. The predicted octanol–water partition coefficient (Wildman–Crippen LogP) is 15.0. The van der Waals surface area contributed by atoms with Crippen LogP contribution in [0.25, 0.3) is 127 Å². The number of benzene rings is 10. The summed E-state index contributed by atoms with van der Waals surface area (Å²) in [6.07, 6.45) is 0. The molecule has 13 aromatic rings. The Balaban J connectivity index is 1.00. The Morgan fingerprint density at radius 3 is 1.61 bits per heavy atom. The highest BCUT2D eigenvalue weighted by molar-refractivity contribution is 6.28. The molecule has 3 heterocycles. The van der Waals surface area contributed by atoms with Crippen molar-refractivity contribution < 1.29 is 4.42 Å². The number of nitrogens with zero attached hydrogens (tertiary/aromatic N) is 4. The fraction of sp³-hybridized carbons (Fsp3) is 0. The lowest BCUT2D eigenvalue weighted by molar-refractivity contribution is 0.668. The fourth-order valence-electron chi connectivity index (χ4n) is 9.49. The molecule has 0 fully saturated rings. The van der Waals surface area contributed by atoms with E-state index in [0.717, 1.165) is 71.9 Å². The standard InChI is InChI=1S/C57H34N4O/c1-2-11-35(12-3-1)37-21-24-40(25-22-37)55-58-56(42-26-23-36-13-4-5-16-41(36)33-42)60-57(59-55)47-19-10-20-50-52(47)46-30-29-43(34-51(46)62-50)61-48-31-27-38-14-6-8-17-44(38)53(48)54-45-18-9-7-15-39(45)28-32-49(54)61/h1-34H. The lowest BCUT2D eigenvalue weighted by atomic mass is 10.00. The van der Waals surface area contributed by atoms with E-state index in [1.54, 1.807) is 0 Å². The van der Waals surface area contributed by atoms with Crippen molar-refractivity contribution in [1.29, 1.82) is 0 Å². The summed E-state index contributed by atoms with van der Waals surface area (Å²) in [5.41, 5.74) is 9.93. The maximum atomic E-state index is 6.77. The summed E-state index contributed by atoms with van der Waals surface area (Å²) < 4.78 is 9.15. The minimum absolute atomic E-state index is 0.587. The Bertz CT molecular complexity index is 3830. The highest BCUT2D eigenvalue weighted by Crippen LogP contribution is 2.43. The average Bonchev–Trinajstić information content (AvgIpc) is 3.90. The van der Waals surface area contributed by atoms with Gasteiger partial charge in [0.25, 0.3) is 0 Å². The van der Waals surface area contributed by atoms with Crippen LogP contribution in [0.4, 0.5) is 0 Å². The summed E-state index contributed by atoms with van der Waals surface area (Å²) in [6.45, 7) is 0. The molecule has 0 aliphatic heterocycles. The van der Waals surface area contributed by atoms with E-state index in [1.807, 2.05) is 18.2 Å². The molecule has 0 radical (unpaired) electrons. The zero-order valence-corrected chi connectivity index (χ0v) is 33.3. The number of furan rings is 1. The van der Waals surface area contributed by atoms with Gasteiger partial charge in [-0.25, -0.2) is 15.0 Å². The number of hydrogen-bond acceptors (Lipinski definition) is 4. The van der Waals surface area contributed by atoms with Gasteiger partial charge in [0.2, 0.25) is 0 Å². The second kappa shape index (κ2) is 13.6. The summed E-state index contributed by atoms with van der Waals surface area (Å²) >= 11 is 0. The Morgan fingerprint density at radius 1 is 0.323 bits per heavy atom.